The van der Waals surface area contributed by atoms with Crippen LogP contribution in [0.3, 0.4) is 0 Å². The minimum absolute atomic E-state index is 0.0666. The van der Waals surface area contributed by atoms with Gasteiger partial charge in [-0.2, -0.15) is 0 Å². The monoisotopic (exact) mass is 484 g/mol. The maximum absolute atomic E-state index is 13.4. The summed E-state index contributed by atoms with van der Waals surface area (Å²) in [5, 5.41) is 2.01. The first kappa shape index (κ1) is 23.4. The van der Waals surface area contributed by atoms with Crippen molar-refractivity contribution in [1.82, 2.24) is 14.9 Å². The van der Waals surface area contributed by atoms with Gasteiger partial charge in [0.05, 0.1) is 4.90 Å². The zero-order valence-corrected chi connectivity index (χ0v) is 20.5. The van der Waals surface area contributed by atoms with E-state index in [1.54, 1.807) is 17.5 Å². The summed E-state index contributed by atoms with van der Waals surface area (Å²) in [6.45, 7) is 4.75. The van der Waals surface area contributed by atoms with Gasteiger partial charge in [-0.3, -0.25) is 14.5 Å². The Bertz CT molecular complexity index is 1190. The van der Waals surface area contributed by atoms with Gasteiger partial charge in [0, 0.05) is 47.5 Å². The number of hydrogen-bond donors (Lipinski definition) is 1. The molecule has 1 N–H and O–H groups in total. The number of nitrogens with one attached hydrogen (secondary N) is 1. The molecule has 3 aromatic rings. The number of hydrogen-bond acceptors (Lipinski definition) is 6. The van der Waals surface area contributed by atoms with E-state index in [-0.39, 0.29) is 16.8 Å². The molecule has 0 spiro atoms. The molecule has 1 atom stereocenters. The van der Waals surface area contributed by atoms with Crippen LogP contribution in [0.1, 0.15) is 53.0 Å². The third-order valence-electron chi connectivity index (χ3n) is 5.80. The van der Waals surface area contributed by atoms with Crippen LogP contribution in [0.25, 0.3) is 0 Å². The summed E-state index contributed by atoms with van der Waals surface area (Å²) in [5.74, 6) is -0.0666. The van der Waals surface area contributed by atoms with Crippen molar-refractivity contribution in [3.05, 3.63) is 70.5 Å². The van der Waals surface area contributed by atoms with Gasteiger partial charge in [0.15, 0.2) is 5.13 Å². The van der Waals surface area contributed by atoms with Crippen molar-refractivity contribution in [2.45, 2.75) is 56.9 Å². The quantitative estimate of drug-likeness (QED) is 0.553. The predicted molar refractivity (Wildman–Crippen MR) is 130 cm³/mol. The first-order valence-corrected chi connectivity index (χ1v) is 13.5. The van der Waals surface area contributed by atoms with Gasteiger partial charge in [-0.25, -0.2) is 13.4 Å². The average Bonchev–Trinajstić information content (AvgIpc) is 3.16. The number of carbonyl (C=O) groups excluding carboxylic acids is 1. The van der Waals surface area contributed by atoms with E-state index in [1.807, 2.05) is 11.8 Å². The van der Waals surface area contributed by atoms with Crippen molar-refractivity contribution in [1.29, 1.82) is 0 Å². The van der Waals surface area contributed by atoms with E-state index in [9.17, 15) is 13.2 Å². The fraction of sp³-hybridized carbons (Fsp3) is 0.375. The van der Waals surface area contributed by atoms with Crippen LogP contribution in [-0.2, 0) is 16.4 Å². The SMILES string of the molecule is Cc1cc(C)nc(CC2CCCCCN2C(=O)c2ccc(S(=O)(=O)Nc3nccs3)cc2)c1. The van der Waals surface area contributed by atoms with Crippen LogP contribution in [0, 0.1) is 13.8 Å². The fourth-order valence-corrected chi connectivity index (χ4v) is 6.11. The molecule has 3 heterocycles. The van der Waals surface area contributed by atoms with Gasteiger partial charge in [0.25, 0.3) is 15.9 Å². The van der Waals surface area contributed by atoms with Crippen molar-refractivity contribution >= 4 is 32.4 Å². The lowest BCUT2D eigenvalue weighted by Gasteiger charge is -2.30. The van der Waals surface area contributed by atoms with Gasteiger partial charge in [-0.1, -0.05) is 12.8 Å². The predicted octanol–water partition coefficient (Wildman–Crippen LogP) is 4.58. The Balaban J connectivity index is 1.53. The normalized spacial score (nSPS) is 16.9. The number of likely N-dealkylation sites (tertiary alicyclic amines) is 1. The number of nitrogens with zero attached hydrogens (tertiary/aromatic N) is 3. The van der Waals surface area contributed by atoms with E-state index in [0.717, 1.165) is 43.5 Å². The van der Waals surface area contributed by atoms with Crippen LogP contribution < -0.4 is 4.72 Å². The van der Waals surface area contributed by atoms with Gasteiger partial charge >= 0.3 is 0 Å². The molecule has 7 nitrogen and oxygen atoms in total. The molecule has 2 aromatic heterocycles. The zero-order chi connectivity index (χ0) is 23.4. The zero-order valence-electron chi connectivity index (χ0n) is 18.8. The van der Waals surface area contributed by atoms with E-state index in [4.69, 9.17) is 0 Å². The standard InChI is InChI=1S/C24H28N4O3S2/c1-17-14-18(2)26-20(15-17)16-21-6-4-3-5-12-28(21)23(29)19-7-9-22(10-8-19)33(30,31)27-24-25-11-13-32-24/h7-11,13-15,21H,3-6,12,16H2,1-2H3,(H,25,27). The number of thiazole rings is 1. The van der Waals surface area contributed by atoms with E-state index in [2.05, 4.69) is 33.7 Å². The van der Waals surface area contributed by atoms with Crippen molar-refractivity contribution < 1.29 is 13.2 Å². The molecule has 9 heteroatoms. The number of sulfonamides is 1. The van der Waals surface area contributed by atoms with E-state index in [0.29, 0.717) is 17.2 Å². The van der Waals surface area contributed by atoms with E-state index < -0.39 is 10.0 Å². The Labute approximate surface area is 199 Å². The summed E-state index contributed by atoms with van der Waals surface area (Å²) in [6.07, 6.45) is 6.34. The van der Waals surface area contributed by atoms with Gasteiger partial charge in [-0.05, 0) is 68.7 Å². The van der Waals surface area contributed by atoms with Gasteiger partial charge in [0.2, 0.25) is 0 Å². The van der Waals surface area contributed by atoms with Crippen molar-refractivity contribution in [3.63, 3.8) is 0 Å². The summed E-state index contributed by atoms with van der Waals surface area (Å²) in [7, 11) is -3.75. The minimum atomic E-state index is -3.75. The number of aryl methyl sites for hydroxylation is 2. The molecule has 1 aliphatic rings. The van der Waals surface area contributed by atoms with Crippen molar-refractivity contribution in [2.75, 3.05) is 11.3 Å². The molecule has 1 aliphatic heterocycles. The van der Waals surface area contributed by atoms with E-state index in [1.165, 1.54) is 35.2 Å². The number of benzene rings is 1. The Morgan fingerprint density at radius 3 is 2.64 bits per heavy atom. The number of carbonyl (C=O) groups is 1. The summed E-state index contributed by atoms with van der Waals surface area (Å²) < 4.78 is 27.6. The molecule has 0 bridgehead atoms. The summed E-state index contributed by atoms with van der Waals surface area (Å²) in [6, 6.07) is 10.4. The largest absolute Gasteiger partial charge is 0.335 e. The summed E-state index contributed by atoms with van der Waals surface area (Å²) in [5.41, 5.74) is 3.65. The third-order valence-corrected chi connectivity index (χ3v) is 7.97. The minimum Gasteiger partial charge on any atom is -0.335 e. The maximum Gasteiger partial charge on any atom is 0.263 e. The first-order valence-electron chi connectivity index (χ1n) is 11.1. The van der Waals surface area contributed by atoms with Crippen LogP contribution >= 0.6 is 11.3 Å². The number of rotatable bonds is 6. The second kappa shape index (κ2) is 10.0. The lowest BCUT2D eigenvalue weighted by atomic mass is 10.0. The maximum atomic E-state index is 13.4. The van der Waals surface area contributed by atoms with Gasteiger partial charge in [-0.15, -0.1) is 11.3 Å². The molecule has 174 valence electrons. The number of amides is 1. The summed E-state index contributed by atoms with van der Waals surface area (Å²) >= 11 is 1.21. The van der Waals surface area contributed by atoms with Gasteiger partial charge < -0.3 is 4.90 Å². The average molecular weight is 485 g/mol. The lowest BCUT2D eigenvalue weighted by Crippen LogP contribution is -2.41. The van der Waals surface area contributed by atoms with Gasteiger partial charge in [0.1, 0.15) is 0 Å². The van der Waals surface area contributed by atoms with Crippen molar-refractivity contribution in [2.24, 2.45) is 0 Å². The molecule has 1 amide bonds. The van der Waals surface area contributed by atoms with Crippen molar-refractivity contribution in [3.8, 4) is 0 Å². The van der Waals surface area contributed by atoms with E-state index >= 15 is 0 Å². The molecule has 0 radical (unpaired) electrons. The molecule has 1 aromatic carbocycles. The second-order valence-corrected chi connectivity index (χ2v) is 11.0. The molecule has 0 aliphatic carbocycles. The number of anilines is 1. The molecule has 1 unspecified atom stereocenters. The smallest absolute Gasteiger partial charge is 0.263 e. The topological polar surface area (TPSA) is 92.3 Å². The third kappa shape index (κ3) is 5.78. The Kier molecular flexibility index (Phi) is 7.09. The van der Waals surface area contributed by atoms with Crippen LogP contribution in [0.5, 0.6) is 0 Å². The lowest BCUT2D eigenvalue weighted by molar-refractivity contribution is 0.0681. The highest BCUT2D eigenvalue weighted by molar-refractivity contribution is 7.93. The highest BCUT2D eigenvalue weighted by Crippen LogP contribution is 2.24. The molecule has 1 saturated heterocycles. The molecule has 33 heavy (non-hydrogen) atoms. The van der Waals surface area contributed by atoms with Crippen LogP contribution in [0.15, 0.2) is 52.9 Å². The molecule has 4 rings (SSSR count). The molecular formula is C24H28N4O3S2. The first-order chi connectivity index (χ1) is 15.8. The Hall–Kier alpha value is -2.78. The second-order valence-electron chi connectivity index (χ2n) is 8.45. The summed E-state index contributed by atoms with van der Waals surface area (Å²) in [4.78, 5) is 24.1. The molecule has 0 saturated carbocycles. The molecular weight excluding hydrogens is 456 g/mol. The highest BCUT2D eigenvalue weighted by atomic mass is 32.2. The van der Waals surface area contributed by atoms with Crippen LogP contribution in [0.2, 0.25) is 0 Å². The Morgan fingerprint density at radius 2 is 1.94 bits per heavy atom. The number of pyridine rings is 1. The fourth-order valence-electron chi connectivity index (χ4n) is 4.32. The number of aromatic nitrogens is 2. The van der Waals surface area contributed by atoms with Crippen LogP contribution in [-0.4, -0.2) is 41.8 Å². The van der Waals surface area contributed by atoms with Crippen LogP contribution in [0.4, 0.5) is 5.13 Å². The molecule has 1 fully saturated rings. The Morgan fingerprint density at radius 1 is 1.15 bits per heavy atom. The highest BCUT2D eigenvalue weighted by Gasteiger charge is 2.27.